The maximum atomic E-state index is 12.5. The number of hydrogen-bond acceptors (Lipinski definition) is 2. The molecule has 0 unspecified atom stereocenters. The van der Waals surface area contributed by atoms with Crippen LogP contribution in [0.3, 0.4) is 0 Å². The molecule has 3 N–H and O–H groups in total. The van der Waals surface area contributed by atoms with Crippen LogP contribution in [-0.2, 0) is 0 Å². The minimum atomic E-state index is -0.821. The Balaban J connectivity index is 3.01. The van der Waals surface area contributed by atoms with Crippen molar-refractivity contribution in [3.05, 3.63) is 34.6 Å². The van der Waals surface area contributed by atoms with Crippen LogP contribution in [0, 0.1) is 5.82 Å². The van der Waals surface area contributed by atoms with Crippen LogP contribution in [0.1, 0.15) is 11.7 Å². The van der Waals surface area contributed by atoms with E-state index in [0.29, 0.717) is 5.56 Å². The van der Waals surface area contributed by atoms with Gasteiger partial charge < -0.3 is 10.8 Å². The van der Waals surface area contributed by atoms with Crippen LogP contribution in [-0.4, -0.2) is 11.7 Å². The fourth-order valence-electron chi connectivity index (χ4n) is 0.899. The van der Waals surface area contributed by atoms with E-state index in [1.54, 1.807) is 0 Å². The summed E-state index contributed by atoms with van der Waals surface area (Å²) in [7, 11) is 0. The summed E-state index contributed by atoms with van der Waals surface area (Å²) < 4.78 is 12.5. The largest absolute Gasteiger partial charge is 0.387 e. The number of aliphatic hydroxyl groups excluding tert-OH is 1. The Bertz CT molecular complexity index is 280. The van der Waals surface area contributed by atoms with Gasteiger partial charge in [0.05, 0.1) is 6.10 Å². The molecule has 1 aromatic carbocycles. The fraction of sp³-hybridized carbons (Fsp3) is 0.250. The summed E-state index contributed by atoms with van der Waals surface area (Å²) in [6, 6.07) is 3.81. The molecule has 1 atom stereocenters. The molecule has 0 radical (unpaired) electrons. The first kappa shape index (κ1) is 9.45. The fourth-order valence-corrected chi connectivity index (χ4v) is 1.19. The van der Waals surface area contributed by atoms with E-state index in [0.717, 1.165) is 6.07 Å². The van der Waals surface area contributed by atoms with Gasteiger partial charge in [0.25, 0.3) is 0 Å². The van der Waals surface area contributed by atoms with Gasteiger partial charge in [-0.2, -0.15) is 0 Å². The third-order valence-corrected chi connectivity index (χ3v) is 1.87. The van der Waals surface area contributed by atoms with Crippen molar-refractivity contribution in [1.82, 2.24) is 0 Å². The van der Waals surface area contributed by atoms with Gasteiger partial charge in [-0.1, -0.05) is 17.7 Å². The van der Waals surface area contributed by atoms with Crippen molar-refractivity contribution < 1.29 is 9.50 Å². The lowest BCUT2D eigenvalue weighted by molar-refractivity contribution is 0.187. The predicted octanol–water partition coefficient (Wildman–Crippen LogP) is 1.47. The molecule has 0 spiro atoms. The average molecular weight is 190 g/mol. The molecule has 0 saturated carbocycles. The van der Waals surface area contributed by atoms with Crippen molar-refractivity contribution >= 4 is 11.6 Å². The van der Waals surface area contributed by atoms with Gasteiger partial charge in [-0.25, -0.2) is 4.39 Å². The van der Waals surface area contributed by atoms with Crippen LogP contribution in [0.4, 0.5) is 4.39 Å². The maximum absolute atomic E-state index is 12.5. The molecule has 0 heterocycles. The van der Waals surface area contributed by atoms with E-state index in [9.17, 15) is 9.50 Å². The summed E-state index contributed by atoms with van der Waals surface area (Å²) in [5.74, 6) is -0.423. The first-order valence-electron chi connectivity index (χ1n) is 3.48. The highest BCUT2D eigenvalue weighted by Crippen LogP contribution is 2.22. The molecule has 0 aliphatic heterocycles. The molecule has 0 amide bonds. The number of halogens is 2. The summed E-state index contributed by atoms with van der Waals surface area (Å²) in [6.07, 6.45) is -0.821. The average Bonchev–Trinajstić information content (AvgIpc) is 2.03. The van der Waals surface area contributed by atoms with E-state index in [2.05, 4.69) is 0 Å². The third-order valence-electron chi connectivity index (χ3n) is 1.54. The minimum absolute atomic E-state index is 0.0748. The van der Waals surface area contributed by atoms with Crippen molar-refractivity contribution in [3.63, 3.8) is 0 Å². The van der Waals surface area contributed by atoms with Crippen molar-refractivity contribution in [2.45, 2.75) is 6.10 Å². The zero-order valence-corrected chi connectivity index (χ0v) is 7.05. The van der Waals surface area contributed by atoms with E-state index in [1.807, 2.05) is 0 Å². The number of hydrogen-bond donors (Lipinski definition) is 2. The van der Waals surface area contributed by atoms with Gasteiger partial charge >= 0.3 is 0 Å². The molecular weight excluding hydrogens is 181 g/mol. The molecule has 0 aromatic heterocycles. The summed E-state index contributed by atoms with van der Waals surface area (Å²) in [6.45, 7) is 0.0748. The highest BCUT2D eigenvalue weighted by molar-refractivity contribution is 6.31. The Kier molecular flexibility index (Phi) is 3.03. The third kappa shape index (κ3) is 1.94. The summed E-state index contributed by atoms with van der Waals surface area (Å²) >= 11 is 5.65. The van der Waals surface area contributed by atoms with Gasteiger partial charge in [-0.05, 0) is 12.1 Å². The number of nitrogens with two attached hydrogens (primary N) is 1. The maximum Gasteiger partial charge on any atom is 0.124 e. The van der Waals surface area contributed by atoms with Gasteiger partial charge in [0.2, 0.25) is 0 Å². The van der Waals surface area contributed by atoms with E-state index in [-0.39, 0.29) is 11.6 Å². The van der Waals surface area contributed by atoms with Crippen molar-refractivity contribution in [2.75, 3.05) is 6.54 Å². The molecule has 0 aliphatic carbocycles. The second kappa shape index (κ2) is 3.85. The Morgan fingerprint density at radius 3 is 2.75 bits per heavy atom. The molecule has 0 bridgehead atoms. The van der Waals surface area contributed by atoms with Gasteiger partial charge in [0, 0.05) is 17.1 Å². The predicted molar refractivity (Wildman–Crippen MR) is 45.4 cm³/mol. The van der Waals surface area contributed by atoms with Crippen LogP contribution in [0.5, 0.6) is 0 Å². The highest BCUT2D eigenvalue weighted by Gasteiger charge is 2.09. The molecule has 1 aromatic rings. The lowest BCUT2D eigenvalue weighted by atomic mass is 10.1. The first-order valence-corrected chi connectivity index (χ1v) is 3.86. The lowest BCUT2D eigenvalue weighted by Crippen LogP contribution is -2.11. The molecule has 1 rings (SSSR count). The molecule has 0 saturated heterocycles. The summed E-state index contributed by atoms with van der Waals surface area (Å²) in [4.78, 5) is 0. The zero-order chi connectivity index (χ0) is 9.14. The molecule has 66 valence electrons. The Hall–Kier alpha value is -0.640. The monoisotopic (exact) mass is 189 g/mol. The quantitative estimate of drug-likeness (QED) is 0.740. The molecule has 0 aliphatic rings. The van der Waals surface area contributed by atoms with Crippen LogP contribution in [0.2, 0.25) is 5.02 Å². The molecule has 12 heavy (non-hydrogen) atoms. The summed E-state index contributed by atoms with van der Waals surface area (Å²) in [5, 5.41) is 9.47. The van der Waals surface area contributed by atoms with Crippen LogP contribution in [0.25, 0.3) is 0 Å². The second-order valence-electron chi connectivity index (χ2n) is 2.42. The topological polar surface area (TPSA) is 46.2 Å². The first-order chi connectivity index (χ1) is 5.65. The smallest absolute Gasteiger partial charge is 0.124 e. The number of aliphatic hydroxyl groups is 1. The van der Waals surface area contributed by atoms with Crippen LogP contribution >= 0.6 is 11.6 Å². The molecular formula is C8H9ClFNO. The van der Waals surface area contributed by atoms with Gasteiger partial charge in [-0.3, -0.25) is 0 Å². The SMILES string of the molecule is NC[C@H](O)c1ccc(F)cc1Cl. The van der Waals surface area contributed by atoms with Gasteiger partial charge in [0.15, 0.2) is 0 Å². The number of benzene rings is 1. The normalized spacial score (nSPS) is 13.0. The van der Waals surface area contributed by atoms with E-state index < -0.39 is 11.9 Å². The number of rotatable bonds is 2. The Labute approximate surface area is 74.8 Å². The molecule has 2 nitrogen and oxygen atoms in total. The molecule has 4 heteroatoms. The van der Waals surface area contributed by atoms with Gasteiger partial charge in [0.1, 0.15) is 5.82 Å². The van der Waals surface area contributed by atoms with Crippen molar-refractivity contribution in [2.24, 2.45) is 5.73 Å². The highest BCUT2D eigenvalue weighted by atomic mass is 35.5. The Morgan fingerprint density at radius 1 is 1.58 bits per heavy atom. The standard InChI is InChI=1S/C8H9ClFNO/c9-7-3-5(10)1-2-6(7)8(12)4-11/h1-3,8,12H,4,11H2/t8-/m0/s1. The van der Waals surface area contributed by atoms with E-state index in [1.165, 1.54) is 12.1 Å². The Morgan fingerprint density at radius 2 is 2.25 bits per heavy atom. The van der Waals surface area contributed by atoms with Gasteiger partial charge in [-0.15, -0.1) is 0 Å². The summed E-state index contributed by atoms with van der Waals surface area (Å²) in [5.41, 5.74) is 5.67. The second-order valence-corrected chi connectivity index (χ2v) is 2.82. The molecule has 0 fully saturated rings. The van der Waals surface area contributed by atoms with Crippen LogP contribution < -0.4 is 5.73 Å². The lowest BCUT2D eigenvalue weighted by Gasteiger charge is -2.09. The van der Waals surface area contributed by atoms with E-state index in [4.69, 9.17) is 17.3 Å². The van der Waals surface area contributed by atoms with Crippen LogP contribution in [0.15, 0.2) is 18.2 Å². The van der Waals surface area contributed by atoms with Crippen molar-refractivity contribution in [3.8, 4) is 0 Å². The minimum Gasteiger partial charge on any atom is -0.387 e. The zero-order valence-electron chi connectivity index (χ0n) is 6.30. The van der Waals surface area contributed by atoms with Crippen molar-refractivity contribution in [1.29, 1.82) is 0 Å². The van der Waals surface area contributed by atoms with E-state index >= 15 is 0 Å².